The molecular weight excluding hydrogens is 273 g/mol. The number of carbonyl (C=O) groups excluding carboxylic acids is 1. The van der Waals surface area contributed by atoms with Gasteiger partial charge in [-0.2, -0.15) is 0 Å². The molecule has 0 unspecified atom stereocenters. The predicted molar refractivity (Wildman–Crippen MR) is 79.4 cm³/mol. The molecular formula is C15H14FN3O2. The number of halogens is 1. The third-order valence-electron chi connectivity index (χ3n) is 3.34. The number of nitrogens with one attached hydrogen (secondary N) is 1. The van der Waals surface area contributed by atoms with Crippen molar-refractivity contribution < 1.29 is 13.9 Å². The highest BCUT2D eigenvalue weighted by molar-refractivity contribution is 5.97. The SMILES string of the molecule is CN(c1ccc(F)cc1)c1cc2c(cc1N)OCC(=O)N2. The van der Waals surface area contributed by atoms with E-state index in [2.05, 4.69) is 5.32 Å². The van der Waals surface area contributed by atoms with Crippen molar-refractivity contribution in [2.45, 2.75) is 0 Å². The van der Waals surface area contributed by atoms with Crippen molar-refractivity contribution in [3.8, 4) is 5.75 Å². The lowest BCUT2D eigenvalue weighted by molar-refractivity contribution is -0.118. The lowest BCUT2D eigenvalue weighted by Gasteiger charge is -2.25. The summed E-state index contributed by atoms with van der Waals surface area (Å²) in [6.45, 7) is -0.0143. The Morgan fingerprint density at radius 2 is 2.00 bits per heavy atom. The van der Waals surface area contributed by atoms with Gasteiger partial charge in [-0.05, 0) is 30.3 Å². The Balaban J connectivity index is 2.00. The second-order valence-corrected chi connectivity index (χ2v) is 4.78. The van der Waals surface area contributed by atoms with Crippen LogP contribution in [0.4, 0.5) is 27.1 Å². The maximum Gasteiger partial charge on any atom is 0.262 e. The first kappa shape index (κ1) is 13.2. The van der Waals surface area contributed by atoms with E-state index in [4.69, 9.17) is 10.5 Å². The zero-order chi connectivity index (χ0) is 15.0. The Kier molecular flexibility index (Phi) is 3.13. The van der Waals surface area contributed by atoms with Gasteiger partial charge in [0.25, 0.3) is 5.91 Å². The summed E-state index contributed by atoms with van der Waals surface area (Å²) in [5.41, 5.74) is 8.61. The number of ether oxygens (including phenoxy) is 1. The van der Waals surface area contributed by atoms with Crippen molar-refractivity contribution in [2.75, 3.05) is 29.6 Å². The van der Waals surface area contributed by atoms with Crippen LogP contribution in [0.1, 0.15) is 0 Å². The van der Waals surface area contributed by atoms with Gasteiger partial charge >= 0.3 is 0 Å². The average molecular weight is 287 g/mol. The molecule has 0 radical (unpaired) electrons. The molecule has 1 amide bonds. The molecule has 1 aliphatic rings. The summed E-state index contributed by atoms with van der Waals surface area (Å²) >= 11 is 0. The van der Waals surface area contributed by atoms with E-state index < -0.39 is 0 Å². The molecule has 1 aliphatic heterocycles. The summed E-state index contributed by atoms with van der Waals surface area (Å²) in [6, 6.07) is 9.48. The molecule has 0 saturated carbocycles. The molecule has 3 N–H and O–H groups in total. The van der Waals surface area contributed by atoms with Crippen molar-refractivity contribution in [2.24, 2.45) is 0 Å². The number of hydrogen-bond acceptors (Lipinski definition) is 4. The van der Waals surface area contributed by atoms with Crippen molar-refractivity contribution in [3.05, 3.63) is 42.2 Å². The molecule has 0 atom stereocenters. The van der Waals surface area contributed by atoms with Gasteiger partial charge in [-0.15, -0.1) is 0 Å². The van der Waals surface area contributed by atoms with Crippen molar-refractivity contribution in [1.82, 2.24) is 0 Å². The predicted octanol–water partition coefficient (Wildman–Crippen LogP) is 2.51. The summed E-state index contributed by atoms with van der Waals surface area (Å²) in [6.07, 6.45) is 0. The Labute approximate surface area is 121 Å². The van der Waals surface area contributed by atoms with Gasteiger partial charge in [-0.3, -0.25) is 4.79 Å². The number of benzene rings is 2. The molecule has 21 heavy (non-hydrogen) atoms. The Bertz CT molecular complexity index is 701. The van der Waals surface area contributed by atoms with Gasteiger partial charge < -0.3 is 20.7 Å². The number of nitrogens with two attached hydrogens (primary N) is 1. The molecule has 0 aromatic heterocycles. The van der Waals surface area contributed by atoms with Crippen LogP contribution in [0.25, 0.3) is 0 Å². The number of nitrogens with zero attached hydrogens (tertiary/aromatic N) is 1. The molecule has 0 fully saturated rings. The van der Waals surface area contributed by atoms with Crippen LogP contribution in [0.15, 0.2) is 36.4 Å². The van der Waals surface area contributed by atoms with E-state index in [1.165, 1.54) is 12.1 Å². The van der Waals surface area contributed by atoms with E-state index in [9.17, 15) is 9.18 Å². The topological polar surface area (TPSA) is 67.6 Å². The second kappa shape index (κ2) is 4.97. The van der Waals surface area contributed by atoms with Gasteiger partial charge in [0.05, 0.1) is 17.1 Å². The van der Waals surface area contributed by atoms with Gasteiger partial charge in [-0.25, -0.2) is 4.39 Å². The van der Waals surface area contributed by atoms with E-state index in [0.29, 0.717) is 22.8 Å². The molecule has 1 heterocycles. The fourth-order valence-electron chi connectivity index (χ4n) is 2.23. The minimum absolute atomic E-state index is 0.0143. The monoisotopic (exact) mass is 287 g/mol. The zero-order valence-electron chi connectivity index (χ0n) is 11.4. The first-order chi connectivity index (χ1) is 10.0. The number of fused-ring (bicyclic) bond motifs is 1. The van der Waals surface area contributed by atoms with Crippen molar-refractivity contribution in [3.63, 3.8) is 0 Å². The van der Waals surface area contributed by atoms with Crippen LogP contribution in [-0.2, 0) is 4.79 Å². The summed E-state index contributed by atoms with van der Waals surface area (Å²) in [4.78, 5) is 13.2. The van der Waals surface area contributed by atoms with Crippen LogP contribution in [0, 0.1) is 5.82 Å². The fourth-order valence-corrected chi connectivity index (χ4v) is 2.23. The van der Waals surface area contributed by atoms with E-state index in [-0.39, 0.29) is 18.3 Å². The zero-order valence-corrected chi connectivity index (χ0v) is 11.4. The smallest absolute Gasteiger partial charge is 0.262 e. The fraction of sp³-hybridized carbons (Fsp3) is 0.133. The highest BCUT2D eigenvalue weighted by atomic mass is 19.1. The lowest BCUT2D eigenvalue weighted by Crippen LogP contribution is -2.26. The average Bonchev–Trinajstić information content (AvgIpc) is 2.47. The maximum atomic E-state index is 13.0. The Morgan fingerprint density at radius 1 is 1.29 bits per heavy atom. The van der Waals surface area contributed by atoms with Gasteiger partial charge in [0, 0.05) is 18.8 Å². The standard InChI is InChI=1S/C15H14FN3O2/c1-19(10-4-2-9(16)3-5-10)13-7-12-14(6-11(13)17)21-8-15(20)18-12/h2-7H,8,17H2,1H3,(H,18,20). The van der Waals surface area contributed by atoms with E-state index in [1.807, 2.05) is 11.9 Å². The lowest BCUT2D eigenvalue weighted by atomic mass is 10.1. The van der Waals surface area contributed by atoms with Crippen LogP contribution >= 0.6 is 0 Å². The summed E-state index contributed by atoms with van der Waals surface area (Å²) in [5.74, 6) is 0.0391. The van der Waals surface area contributed by atoms with Crippen molar-refractivity contribution in [1.29, 1.82) is 0 Å². The van der Waals surface area contributed by atoms with E-state index in [0.717, 1.165) is 5.69 Å². The normalized spacial score (nSPS) is 13.1. The first-order valence-corrected chi connectivity index (χ1v) is 6.40. The summed E-state index contributed by atoms with van der Waals surface area (Å²) in [7, 11) is 1.82. The molecule has 0 saturated heterocycles. The molecule has 0 spiro atoms. The van der Waals surface area contributed by atoms with E-state index in [1.54, 1.807) is 24.3 Å². The van der Waals surface area contributed by atoms with Gasteiger partial charge in [-0.1, -0.05) is 0 Å². The number of carbonyl (C=O) groups is 1. The van der Waals surface area contributed by atoms with Crippen LogP contribution < -0.4 is 20.7 Å². The van der Waals surface area contributed by atoms with E-state index >= 15 is 0 Å². The summed E-state index contributed by atoms with van der Waals surface area (Å²) < 4.78 is 18.3. The van der Waals surface area contributed by atoms with Crippen molar-refractivity contribution >= 4 is 28.7 Å². The minimum atomic E-state index is -0.300. The number of nitrogen functional groups attached to an aromatic ring is 1. The first-order valence-electron chi connectivity index (χ1n) is 6.40. The van der Waals surface area contributed by atoms with Gasteiger partial charge in [0.1, 0.15) is 11.6 Å². The van der Waals surface area contributed by atoms with Crippen LogP contribution in [0.5, 0.6) is 5.75 Å². The van der Waals surface area contributed by atoms with Crippen LogP contribution in [0.3, 0.4) is 0 Å². The molecule has 2 aromatic carbocycles. The minimum Gasteiger partial charge on any atom is -0.482 e. The molecule has 6 heteroatoms. The molecule has 3 rings (SSSR count). The van der Waals surface area contributed by atoms with Crippen LogP contribution in [-0.4, -0.2) is 19.6 Å². The molecule has 108 valence electrons. The third-order valence-corrected chi connectivity index (χ3v) is 3.34. The number of hydrogen-bond donors (Lipinski definition) is 2. The molecule has 2 aromatic rings. The largest absolute Gasteiger partial charge is 0.482 e. The third kappa shape index (κ3) is 2.47. The quantitative estimate of drug-likeness (QED) is 0.833. The molecule has 0 aliphatic carbocycles. The maximum absolute atomic E-state index is 13.0. The Morgan fingerprint density at radius 3 is 2.71 bits per heavy atom. The second-order valence-electron chi connectivity index (χ2n) is 4.78. The highest BCUT2D eigenvalue weighted by Gasteiger charge is 2.19. The number of rotatable bonds is 2. The molecule has 5 nitrogen and oxygen atoms in total. The van der Waals surface area contributed by atoms with Gasteiger partial charge in [0.15, 0.2) is 6.61 Å². The van der Waals surface area contributed by atoms with Crippen LogP contribution in [0.2, 0.25) is 0 Å². The Hall–Kier alpha value is -2.76. The number of amides is 1. The summed E-state index contributed by atoms with van der Waals surface area (Å²) in [5, 5.41) is 2.74. The highest BCUT2D eigenvalue weighted by Crippen LogP contribution is 2.38. The number of anilines is 4. The van der Waals surface area contributed by atoms with Gasteiger partial charge in [0.2, 0.25) is 0 Å². The molecule has 0 bridgehead atoms.